The van der Waals surface area contributed by atoms with E-state index in [2.05, 4.69) is 10.1 Å². The summed E-state index contributed by atoms with van der Waals surface area (Å²) in [6, 6.07) is 13.6. The molecule has 0 unspecified atom stereocenters. The minimum absolute atomic E-state index is 0.113. The third kappa shape index (κ3) is 3.48. The van der Waals surface area contributed by atoms with Crippen LogP contribution in [-0.4, -0.2) is 22.0 Å². The Bertz CT molecular complexity index is 1110. The van der Waals surface area contributed by atoms with E-state index in [4.69, 9.17) is 4.42 Å². The Hall–Kier alpha value is -3.37. The summed E-state index contributed by atoms with van der Waals surface area (Å²) in [7, 11) is 0. The molecule has 0 fully saturated rings. The molecule has 0 saturated heterocycles. The number of nitrogens with zero attached hydrogens (tertiary/aromatic N) is 4. The maximum absolute atomic E-state index is 13.0. The zero-order valence-corrected chi connectivity index (χ0v) is 15.1. The number of thiophene rings is 1. The normalized spacial score (nSPS) is 11.3. The first-order valence-corrected chi connectivity index (χ1v) is 9.27. The second-order valence-electron chi connectivity index (χ2n) is 5.24. The highest BCUT2D eigenvalue weighted by molar-refractivity contribution is 7.22. The first-order valence-electron chi connectivity index (χ1n) is 7.63. The second-order valence-corrected chi connectivity index (χ2v) is 7.31. The molecule has 0 bridgehead atoms. The van der Waals surface area contributed by atoms with E-state index in [0.717, 1.165) is 26.6 Å². The van der Waals surface area contributed by atoms with Gasteiger partial charge in [0.15, 0.2) is 0 Å². The van der Waals surface area contributed by atoms with Gasteiger partial charge in [0.25, 0.3) is 5.91 Å². The number of aromatic nitrogens is 1. The maximum Gasteiger partial charge on any atom is 0.324 e. The molecular formula is C17H10N4O4S2. The van der Waals surface area contributed by atoms with E-state index in [1.54, 1.807) is 12.1 Å². The van der Waals surface area contributed by atoms with Crippen molar-refractivity contribution in [3.05, 3.63) is 75.5 Å². The topological polar surface area (TPSA) is 102 Å². The summed E-state index contributed by atoms with van der Waals surface area (Å²) in [5, 5.41) is 16.5. The molecular weight excluding hydrogens is 388 g/mol. The molecule has 0 radical (unpaired) electrons. The number of carbonyl (C=O) groups excluding carboxylic acids is 1. The van der Waals surface area contributed by atoms with Crippen molar-refractivity contribution in [1.29, 1.82) is 0 Å². The van der Waals surface area contributed by atoms with Crippen LogP contribution in [0.5, 0.6) is 0 Å². The third-order valence-electron chi connectivity index (χ3n) is 3.48. The lowest BCUT2D eigenvalue weighted by Crippen LogP contribution is -2.24. The van der Waals surface area contributed by atoms with Crippen molar-refractivity contribution in [3.63, 3.8) is 0 Å². The predicted molar refractivity (Wildman–Crippen MR) is 104 cm³/mol. The fraction of sp³-hybridized carbons (Fsp3) is 0. The minimum atomic E-state index is -0.532. The number of carbonyl (C=O) groups is 1. The summed E-state index contributed by atoms with van der Waals surface area (Å²) in [4.78, 5) is 28.0. The van der Waals surface area contributed by atoms with Crippen LogP contribution in [0.2, 0.25) is 0 Å². The van der Waals surface area contributed by atoms with Crippen LogP contribution in [0, 0.1) is 10.1 Å². The third-order valence-corrected chi connectivity index (χ3v) is 5.52. The second kappa shape index (κ2) is 7.09. The van der Waals surface area contributed by atoms with E-state index in [1.165, 1.54) is 35.9 Å². The van der Waals surface area contributed by atoms with Crippen LogP contribution in [0.25, 0.3) is 10.2 Å². The van der Waals surface area contributed by atoms with Gasteiger partial charge in [0.1, 0.15) is 10.6 Å². The molecule has 4 aromatic rings. The van der Waals surface area contributed by atoms with Gasteiger partial charge in [-0.15, -0.1) is 0 Å². The number of thiazole rings is 1. The number of furan rings is 1. The van der Waals surface area contributed by atoms with Gasteiger partial charge in [0, 0.05) is 6.07 Å². The molecule has 4 rings (SSSR count). The van der Waals surface area contributed by atoms with Gasteiger partial charge < -0.3 is 4.42 Å². The van der Waals surface area contributed by atoms with E-state index >= 15 is 0 Å². The van der Waals surface area contributed by atoms with Crippen molar-refractivity contribution in [2.24, 2.45) is 5.10 Å². The molecule has 0 N–H and O–H groups in total. The van der Waals surface area contributed by atoms with Gasteiger partial charge in [-0.1, -0.05) is 34.8 Å². The van der Waals surface area contributed by atoms with Gasteiger partial charge in [-0.2, -0.15) is 10.1 Å². The Labute approximate surface area is 160 Å². The van der Waals surface area contributed by atoms with Gasteiger partial charge in [-0.3, -0.25) is 14.9 Å². The summed E-state index contributed by atoms with van der Waals surface area (Å²) in [6.45, 7) is 0. The molecule has 0 aliphatic rings. The summed E-state index contributed by atoms with van der Waals surface area (Å²) in [6.07, 6.45) is 2.89. The first-order chi connectivity index (χ1) is 13.1. The highest BCUT2D eigenvalue weighted by Crippen LogP contribution is 2.32. The van der Waals surface area contributed by atoms with Gasteiger partial charge in [0.2, 0.25) is 5.13 Å². The monoisotopic (exact) mass is 398 g/mol. The van der Waals surface area contributed by atoms with Crippen LogP contribution in [0.1, 0.15) is 15.4 Å². The molecule has 0 aliphatic carbocycles. The number of fused-ring (bicyclic) bond motifs is 1. The molecule has 3 heterocycles. The first kappa shape index (κ1) is 17.1. The Morgan fingerprint density at radius 1 is 1.19 bits per heavy atom. The van der Waals surface area contributed by atoms with Gasteiger partial charge >= 0.3 is 5.00 Å². The minimum Gasteiger partial charge on any atom is -0.463 e. The standard InChI is InChI=1S/C17H10N4O4S2/c22-16(14-7-8-15(26-14)21(23)24)20(18-10-11-4-3-9-25-11)17-19-12-5-1-2-6-13(12)27-17/h1-10H/b18-10-. The summed E-state index contributed by atoms with van der Waals surface area (Å²) >= 11 is 2.09. The van der Waals surface area contributed by atoms with Crippen LogP contribution in [0.15, 0.2) is 64.3 Å². The number of anilines is 1. The van der Waals surface area contributed by atoms with E-state index in [-0.39, 0.29) is 9.88 Å². The number of amides is 1. The lowest BCUT2D eigenvalue weighted by atomic mass is 10.3. The Balaban J connectivity index is 1.74. The van der Waals surface area contributed by atoms with Crippen molar-refractivity contribution < 1.29 is 14.1 Å². The molecule has 0 spiro atoms. The van der Waals surface area contributed by atoms with Crippen molar-refractivity contribution in [2.75, 3.05) is 5.01 Å². The van der Waals surface area contributed by atoms with Gasteiger partial charge in [-0.05, 0) is 30.3 Å². The number of rotatable bonds is 5. The number of benzene rings is 1. The zero-order chi connectivity index (χ0) is 18.8. The molecule has 0 aliphatic heterocycles. The molecule has 134 valence electrons. The molecule has 0 atom stereocenters. The van der Waals surface area contributed by atoms with Crippen LogP contribution in [0.3, 0.4) is 0 Å². The number of hydrogen-bond donors (Lipinski definition) is 0. The molecule has 27 heavy (non-hydrogen) atoms. The Kier molecular flexibility index (Phi) is 4.48. The molecule has 10 heteroatoms. The number of hydrazone groups is 1. The van der Waals surface area contributed by atoms with Gasteiger partial charge in [-0.25, -0.2) is 4.98 Å². The van der Waals surface area contributed by atoms with Crippen LogP contribution < -0.4 is 5.01 Å². The lowest BCUT2D eigenvalue weighted by molar-refractivity contribution is -0.380. The van der Waals surface area contributed by atoms with Crippen molar-refractivity contribution in [2.45, 2.75) is 0 Å². The van der Waals surface area contributed by atoms with Crippen LogP contribution in [-0.2, 0) is 0 Å². The van der Waals surface area contributed by atoms with Crippen LogP contribution in [0.4, 0.5) is 10.1 Å². The fourth-order valence-corrected chi connectivity index (χ4v) is 3.93. The maximum atomic E-state index is 13.0. The summed E-state index contributed by atoms with van der Waals surface area (Å²) < 4.78 is 6.11. The summed E-state index contributed by atoms with van der Waals surface area (Å²) in [5.74, 6) is -0.0407. The Morgan fingerprint density at radius 3 is 2.74 bits per heavy atom. The van der Waals surface area contributed by atoms with E-state index in [1.807, 2.05) is 24.3 Å². The van der Waals surface area contributed by atoms with Gasteiger partial charge in [0.05, 0.1) is 27.6 Å². The lowest BCUT2D eigenvalue weighted by Gasteiger charge is -2.11. The molecule has 0 saturated carbocycles. The molecule has 1 aromatic carbocycles. The molecule has 8 nitrogen and oxygen atoms in total. The average molecular weight is 398 g/mol. The van der Waals surface area contributed by atoms with E-state index < -0.39 is 10.8 Å². The van der Waals surface area contributed by atoms with Crippen molar-refractivity contribution >= 4 is 55.1 Å². The van der Waals surface area contributed by atoms with Crippen molar-refractivity contribution in [1.82, 2.24) is 4.98 Å². The predicted octanol–water partition coefficient (Wildman–Crippen LogP) is 4.54. The number of para-hydroxylation sites is 1. The number of hydrogen-bond acceptors (Lipinski definition) is 8. The van der Waals surface area contributed by atoms with E-state index in [0.29, 0.717) is 10.9 Å². The Morgan fingerprint density at radius 2 is 2.04 bits per heavy atom. The van der Waals surface area contributed by atoms with Crippen molar-refractivity contribution in [3.8, 4) is 0 Å². The SMILES string of the molecule is O=C(c1ccc([N+](=O)[O-])s1)N(/N=C\c1ccco1)c1nc2ccccc2s1. The summed E-state index contributed by atoms with van der Waals surface area (Å²) in [5.41, 5.74) is 0.737. The fourth-order valence-electron chi connectivity index (χ4n) is 2.26. The molecule has 3 aromatic heterocycles. The van der Waals surface area contributed by atoms with Crippen LogP contribution >= 0.6 is 22.7 Å². The number of nitro groups is 1. The smallest absolute Gasteiger partial charge is 0.324 e. The highest BCUT2D eigenvalue weighted by Gasteiger charge is 2.24. The molecule has 1 amide bonds. The highest BCUT2D eigenvalue weighted by atomic mass is 32.1. The quantitative estimate of drug-likeness (QED) is 0.279. The average Bonchev–Trinajstić information content (AvgIpc) is 3.41. The zero-order valence-electron chi connectivity index (χ0n) is 13.5. The largest absolute Gasteiger partial charge is 0.463 e. The van der Waals surface area contributed by atoms with E-state index in [9.17, 15) is 14.9 Å².